The van der Waals surface area contributed by atoms with Crippen molar-refractivity contribution < 1.29 is 4.79 Å². The van der Waals surface area contributed by atoms with Gasteiger partial charge < -0.3 is 0 Å². The average Bonchev–Trinajstić information content (AvgIpc) is 2.73. The molecule has 0 N–H and O–H groups in total. The standard InChI is InChI=1S/C7H8N6O/c1-12-5(3-8-10-12)7(14)6-4-9-11-13(6)2/h3-4H,1-2H3. The van der Waals surface area contributed by atoms with E-state index in [0.717, 1.165) is 0 Å². The Kier molecular flexibility index (Phi) is 1.84. The molecular formula is C7H8N6O. The van der Waals surface area contributed by atoms with Crippen LogP contribution in [-0.4, -0.2) is 35.8 Å². The molecule has 0 aliphatic carbocycles. The molecule has 2 heterocycles. The van der Waals surface area contributed by atoms with E-state index in [1.165, 1.54) is 21.8 Å². The van der Waals surface area contributed by atoms with Crippen molar-refractivity contribution in [1.29, 1.82) is 0 Å². The van der Waals surface area contributed by atoms with Crippen LogP contribution in [0.2, 0.25) is 0 Å². The third-order valence-electron chi connectivity index (χ3n) is 1.89. The van der Waals surface area contributed by atoms with Crippen LogP contribution >= 0.6 is 0 Å². The van der Waals surface area contributed by atoms with Crippen molar-refractivity contribution in [3.63, 3.8) is 0 Å². The molecule has 2 aromatic heterocycles. The van der Waals surface area contributed by atoms with Gasteiger partial charge in [0.2, 0.25) is 5.78 Å². The normalized spacial score (nSPS) is 10.4. The van der Waals surface area contributed by atoms with Gasteiger partial charge in [0.25, 0.3) is 0 Å². The number of carbonyl (C=O) groups excluding carboxylic acids is 1. The average molecular weight is 192 g/mol. The SMILES string of the molecule is Cn1nncc1C(=O)c1cnnn1C. The fourth-order valence-corrected chi connectivity index (χ4v) is 1.12. The van der Waals surface area contributed by atoms with Crippen LogP contribution < -0.4 is 0 Å². The predicted octanol–water partition coefficient (Wildman–Crippen LogP) is -0.825. The van der Waals surface area contributed by atoms with Gasteiger partial charge in [-0.15, -0.1) is 10.2 Å². The lowest BCUT2D eigenvalue weighted by atomic mass is 10.2. The van der Waals surface area contributed by atoms with E-state index >= 15 is 0 Å². The minimum Gasteiger partial charge on any atom is -0.285 e. The summed E-state index contributed by atoms with van der Waals surface area (Å²) < 4.78 is 2.82. The second-order valence-corrected chi connectivity index (χ2v) is 2.81. The van der Waals surface area contributed by atoms with E-state index in [1.54, 1.807) is 14.1 Å². The van der Waals surface area contributed by atoms with E-state index in [0.29, 0.717) is 11.4 Å². The minimum atomic E-state index is -0.190. The Morgan fingerprint density at radius 1 is 1.07 bits per heavy atom. The maximum Gasteiger partial charge on any atom is 0.232 e. The lowest BCUT2D eigenvalue weighted by molar-refractivity contribution is 0.102. The fourth-order valence-electron chi connectivity index (χ4n) is 1.12. The first-order chi connectivity index (χ1) is 6.70. The molecule has 0 saturated heterocycles. The second kappa shape index (κ2) is 3.02. The molecule has 0 aliphatic rings. The molecule has 0 spiro atoms. The molecular weight excluding hydrogens is 184 g/mol. The van der Waals surface area contributed by atoms with E-state index in [4.69, 9.17) is 0 Å². The number of hydrogen-bond acceptors (Lipinski definition) is 5. The first kappa shape index (κ1) is 8.54. The molecule has 0 saturated carbocycles. The quantitative estimate of drug-likeness (QED) is 0.580. The highest BCUT2D eigenvalue weighted by Crippen LogP contribution is 2.04. The lowest BCUT2D eigenvalue weighted by Gasteiger charge is -1.98. The van der Waals surface area contributed by atoms with Gasteiger partial charge in [-0.1, -0.05) is 10.4 Å². The first-order valence-electron chi connectivity index (χ1n) is 3.94. The number of hydrogen-bond donors (Lipinski definition) is 0. The van der Waals surface area contributed by atoms with Gasteiger partial charge >= 0.3 is 0 Å². The predicted molar refractivity (Wildman–Crippen MR) is 45.4 cm³/mol. The summed E-state index contributed by atoms with van der Waals surface area (Å²) in [5.41, 5.74) is 0.825. The smallest absolute Gasteiger partial charge is 0.232 e. The maximum absolute atomic E-state index is 11.8. The third kappa shape index (κ3) is 1.18. The fraction of sp³-hybridized carbons (Fsp3) is 0.286. The van der Waals surface area contributed by atoms with Gasteiger partial charge in [0.15, 0.2) is 0 Å². The Hall–Kier alpha value is -2.05. The van der Waals surface area contributed by atoms with Crippen LogP contribution in [0.1, 0.15) is 16.2 Å². The Morgan fingerprint density at radius 2 is 1.50 bits per heavy atom. The van der Waals surface area contributed by atoms with Crippen LogP contribution in [0.25, 0.3) is 0 Å². The van der Waals surface area contributed by atoms with Gasteiger partial charge in [0, 0.05) is 14.1 Å². The lowest BCUT2D eigenvalue weighted by Crippen LogP contribution is -2.12. The highest BCUT2D eigenvalue weighted by Gasteiger charge is 2.17. The first-order valence-corrected chi connectivity index (χ1v) is 3.94. The molecule has 0 radical (unpaired) electrons. The van der Waals surface area contributed by atoms with Gasteiger partial charge in [-0.2, -0.15) is 0 Å². The van der Waals surface area contributed by atoms with Crippen LogP contribution in [0.15, 0.2) is 12.4 Å². The van der Waals surface area contributed by atoms with Gasteiger partial charge in [0.05, 0.1) is 12.4 Å². The van der Waals surface area contributed by atoms with Crippen molar-refractivity contribution >= 4 is 5.78 Å². The molecule has 0 bridgehead atoms. The molecule has 0 amide bonds. The number of nitrogens with zero attached hydrogens (tertiary/aromatic N) is 6. The van der Waals surface area contributed by atoms with E-state index < -0.39 is 0 Å². The molecule has 7 nitrogen and oxygen atoms in total. The van der Waals surface area contributed by atoms with Gasteiger partial charge in [0.1, 0.15) is 11.4 Å². The molecule has 14 heavy (non-hydrogen) atoms. The van der Waals surface area contributed by atoms with Gasteiger partial charge in [-0.25, -0.2) is 9.36 Å². The number of rotatable bonds is 2. The Balaban J connectivity index is 2.44. The van der Waals surface area contributed by atoms with E-state index in [1.807, 2.05) is 0 Å². The summed E-state index contributed by atoms with van der Waals surface area (Å²) in [4.78, 5) is 11.8. The molecule has 72 valence electrons. The van der Waals surface area contributed by atoms with Crippen LogP contribution in [0.4, 0.5) is 0 Å². The van der Waals surface area contributed by atoms with Crippen molar-refractivity contribution in [2.24, 2.45) is 14.1 Å². The zero-order valence-electron chi connectivity index (χ0n) is 7.75. The number of aromatic nitrogens is 6. The summed E-state index contributed by atoms with van der Waals surface area (Å²) in [6.07, 6.45) is 2.82. The number of carbonyl (C=O) groups is 1. The van der Waals surface area contributed by atoms with Gasteiger partial charge in [-0.3, -0.25) is 4.79 Å². The van der Waals surface area contributed by atoms with Crippen molar-refractivity contribution in [1.82, 2.24) is 30.0 Å². The topological polar surface area (TPSA) is 78.5 Å². The maximum atomic E-state index is 11.8. The molecule has 0 aliphatic heterocycles. The number of aryl methyl sites for hydroxylation is 2. The van der Waals surface area contributed by atoms with E-state index in [2.05, 4.69) is 20.6 Å². The van der Waals surface area contributed by atoms with Crippen LogP contribution in [0, 0.1) is 0 Å². The van der Waals surface area contributed by atoms with Crippen molar-refractivity contribution in [2.45, 2.75) is 0 Å². The molecule has 0 unspecified atom stereocenters. The van der Waals surface area contributed by atoms with Crippen LogP contribution in [0.5, 0.6) is 0 Å². The number of ketones is 1. The van der Waals surface area contributed by atoms with Gasteiger partial charge in [-0.05, 0) is 0 Å². The highest BCUT2D eigenvalue weighted by atomic mass is 16.1. The summed E-state index contributed by atoms with van der Waals surface area (Å²) in [5.74, 6) is -0.190. The highest BCUT2D eigenvalue weighted by molar-refractivity contribution is 6.06. The molecule has 2 rings (SSSR count). The largest absolute Gasteiger partial charge is 0.285 e. The minimum absolute atomic E-state index is 0.190. The van der Waals surface area contributed by atoms with E-state index in [9.17, 15) is 4.79 Å². The zero-order valence-corrected chi connectivity index (χ0v) is 7.75. The monoisotopic (exact) mass is 192 g/mol. The van der Waals surface area contributed by atoms with Crippen molar-refractivity contribution in [2.75, 3.05) is 0 Å². The molecule has 7 heteroatoms. The molecule has 0 aromatic carbocycles. The molecule has 2 aromatic rings. The third-order valence-corrected chi connectivity index (χ3v) is 1.89. The summed E-state index contributed by atoms with van der Waals surface area (Å²) in [7, 11) is 3.31. The second-order valence-electron chi connectivity index (χ2n) is 2.81. The van der Waals surface area contributed by atoms with Crippen molar-refractivity contribution in [3.05, 3.63) is 23.8 Å². The summed E-state index contributed by atoms with van der Waals surface area (Å²) in [5, 5.41) is 14.6. The van der Waals surface area contributed by atoms with Crippen molar-refractivity contribution in [3.8, 4) is 0 Å². The summed E-state index contributed by atoms with van der Waals surface area (Å²) in [6, 6.07) is 0. The molecule has 0 fully saturated rings. The molecule has 0 atom stereocenters. The summed E-state index contributed by atoms with van der Waals surface area (Å²) in [6.45, 7) is 0. The Bertz CT molecular complexity index is 428. The Morgan fingerprint density at radius 3 is 1.79 bits per heavy atom. The zero-order chi connectivity index (χ0) is 10.1. The van der Waals surface area contributed by atoms with Crippen LogP contribution in [-0.2, 0) is 14.1 Å². The van der Waals surface area contributed by atoms with Crippen LogP contribution in [0.3, 0.4) is 0 Å². The van der Waals surface area contributed by atoms with E-state index in [-0.39, 0.29) is 5.78 Å². The Labute approximate surface area is 79.3 Å². The summed E-state index contributed by atoms with van der Waals surface area (Å²) >= 11 is 0.